The van der Waals surface area contributed by atoms with E-state index in [9.17, 15) is 4.79 Å². The van der Waals surface area contributed by atoms with Crippen molar-refractivity contribution in [2.24, 2.45) is 5.73 Å². The number of nitrogens with two attached hydrogens (primary N) is 1. The zero-order valence-corrected chi connectivity index (χ0v) is 9.96. The van der Waals surface area contributed by atoms with Crippen LogP contribution in [0.3, 0.4) is 0 Å². The number of carbonyl (C=O) groups is 1. The Morgan fingerprint density at radius 1 is 1.18 bits per heavy atom. The van der Waals surface area contributed by atoms with Gasteiger partial charge in [-0.2, -0.15) is 0 Å². The molecule has 0 aliphatic carbocycles. The molecule has 1 heterocycles. The Balaban J connectivity index is 2.22. The lowest BCUT2D eigenvalue weighted by molar-refractivity contribution is 0.0969. The summed E-state index contributed by atoms with van der Waals surface area (Å²) >= 11 is 11.6. The van der Waals surface area contributed by atoms with Crippen LogP contribution in [0.1, 0.15) is 10.6 Å². The molecule has 0 spiro atoms. The predicted molar refractivity (Wildman–Crippen MR) is 63.8 cm³/mol. The van der Waals surface area contributed by atoms with Gasteiger partial charge in [0.25, 0.3) is 11.9 Å². The van der Waals surface area contributed by atoms with E-state index in [2.05, 4.69) is 0 Å². The van der Waals surface area contributed by atoms with Crippen LogP contribution in [0.4, 0.5) is 0 Å². The average molecular weight is 272 g/mol. The molecular formula is C11H7Cl2NO3. The molecular weight excluding hydrogens is 265 g/mol. The third-order valence-electron chi connectivity index (χ3n) is 1.88. The summed E-state index contributed by atoms with van der Waals surface area (Å²) < 4.78 is 10.4. The summed E-state index contributed by atoms with van der Waals surface area (Å²) in [6, 6.07) is 7.62. The zero-order chi connectivity index (χ0) is 12.4. The van der Waals surface area contributed by atoms with Crippen molar-refractivity contribution in [2.45, 2.75) is 0 Å². The topological polar surface area (TPSA) is 65.5 Å². The molecule has 0 unspecified atom stereocenters. The van der Waals surface area contributed by atoms with Gasteiger partial charge < -0.3 is 14.9 Å². The number of rotatable bonds is 3. The van der Waals surface area contributed by atoms with Crippen LogP contribution in [-0.2, 0) is 0 Å². The van der Waals surface area contributed by atoms with Gasteiger partial charge >= 0.3 is 0 Å². The highest BCUT2D eigenvalue weighted by molar-refractivity contribution is 6.34. The maximum absolute atomic E-state index is 10.8. The van der Waals surface area contributed by atoms with Crippen LogP contribution < -0.4 is 10.5 Å². The van der Waals surface area contributed by atoms with Gasteiger partial charge in [0.1, 0.15) is 5.75 Å². The Morgan fingerprint density at radius 3 is 2.35 bits per heavy atom. The second-order valence-electron chi connectivity index (χ2n) is 3.19. The maximum atomic E-state index is 10.8. The second-order valence-corrected chi connectivity index (χ2v) is 4.06. The van der Waals surface area contributed by atoms with Crippen molar-refractivity contribution in [3.05, 3.63) is 46.1 Å². The highest BCUT2D eigenvalue weighted by Gasteiger charge is 2.09. The highest BCUT2D eigenvalue weighted by atomic mass is 35.5. The molecule has 2 rings (SSSR count). The maximum Gasteiger partial charge on any atom is 0.290 e. The average Bonchev–Trinajstić information content (AvgIpc) is 2.64. The van der Waals surface area contributed by atoms with Crippen LogP contribution >= 0.6 is 23.2 Å². The van der Waals surface area contributed by atoms with E-state index in [0.717, 1.165) is 0 Å². The molecule has 0 aliphatic rings. The minimum atomic E-state index is -0.663. The Hall–Kier alpha value is -1.65. The number of hydrogen-bond donors (Lipinski definition) is 1. The molecule has 0 atom stereocenters. The lowest BCUT2D eigenvalue weighted by atomic mass is 10.3. The van der Waals surface area contributed by atoms with E-state index in [-0.39, 0.29) is 11.7 Å². The first kappa shape index (κ1) is 11.8. The Labute approximate surface area is 107 Å². The number of primary amides is 1. The van der Waals surface area contributed by atoms with Crippen LogP contribution in [0, 0.1) is 0 Å². The monoisotopic (exact) mass is 271 g/mol. The summed E-state index contributed by atoms with van der Waals surface area (Å²) in [5.74, 6) is -0.0953. The Bertz CT molecular complexity index is 545. The van der Waals surface area contributed by atoms with Crippen molar-refractivity contribution in [2.75, 3.05) is 0 Å². The molecule has 0 radical (unpaired) electrons. The number of hydrogen-bond acceptors (Lipinski definition) is 3. The number of amides is 1. The summed E-state index contributed by atoms with van der Waals surface area (Å²) in [5.41, 5.74) is 5.04. The molecule has 0 fully saturated rings. The lowest BCUT2D eigenvalue weighted by Crippen LogP contribution is -2.09. The summed E-state index contributed by atoms with van der Waals surface area (Å²) in [5, 5.41) is 0.878. The SMILES string of the molecule is NC(=O)c1ccc(Oc2cc(Cl)cc(Cl)c2)o1. The van der Waals surface area contributed by atoms with Gasteiger partial charge in [0.15, 0.2) is 5.76 Å². The van der Waals surface area contributed by atoms with Gasteiger partial charge in [-0.3, -0.25) is 4.79 Å². The van der Waals surface area contributed by atoms with Crippen LogP contribution in [0.2, 0.25) is 10.0 Å². The standard InChI is InChI=1S/C11H7Cl2NO3/c12-6-3-7(13)5-8(4-6)16-10-2-1-9(17-10)11(14)15/h1-5H,(H2,14,15). The van der Waals surface area contributed by atoms with Gasteiger partial charge in [0, 0.05) is 16.1 Å². The molecule has 6 heteroatoms. The number of carbonyl (C=O) groups excluding carboxylic acids is 1. The van der Waals surface area contributed by atoms with Crippen molar-refractivity contribution >= 4 is 29.1 Å². The fourth-order valence-electron chi connectivity index (χ4n) is 1.21. The quantitative estimate of drug-likeness (QED) is 0.930. The summed E-state index contributed by atoms with van der Waals surface area (Å²) in [6.45, 7) is 0. The first-order valence-corrected chi connectivity index (χ1v) is 5.34. The predicted octanol–water partition coefficient (Wildman–Crippen LogP) is 3.48. The molecule has 0 saturated carbocycles. The number of furan rings is 1. The van der Waals surface area contributed by atoms with E-state index in [4.69, 9.17) is 38.1 Å². The molecule has 0 bridgehead atoms. The minimum absolute atomic E-state index is 0.0214. The van der Waals surface area contributed by atoms with Crippen molar-refractivity contribution in [3.8, 4) is 11.7 Å². The van der Waals surface area contributed by atoms with Crippen LogP contribution in [0.5, 0.6) is 11.7 Å². The van der Waals surface area contributed by atoms with E-state index in [1.165, 1.54) is 12.1 Å². The molecule has 17 heavy (non-hydrogen) atoms. The fourth-order valence-corrected chi connectivity index (χ4v) is 1.72. The fraction of sp³-hybridized carbons (Fsp3) is 0. The normalized spacial score (nSPS) is 10.2. The molecule has 1 aromatic carbocycles. The first-order valence-electron chi connectivity index (χ1n) is 4.58. The molecule has 2 aromatic rings. The van der Waals surface area contributed by atoms with E-state index in [1.807, 2.05) is 0 Å². The van der Waals surface area contributed by atoms with Crippen molar-refractivity contribution in [1.82, 2.24) is 0 Å². The largest absolute Gasteiger partial charge is 0.426 e. The third-order valence-corrected chi connectivity index (χ3v) is 2.32. The minimum Gasteiger partial charge on any atom is -0.426 e. The van der Waals surface area contributed by atoms with Crippen LogP contribution in [0.25, 0.3) is 0 Å². The van der Waals surface area contributed by atoms with Crippen molar-refractivity contribution in [1.29, 1.82) is 0 Å². The molecule has 88 valence electrons. The van der Waals surface area contributed by atoms with E-state index >= 15 is 0 Å². The molecule has 1 aromatic heterocycles. The van der Waals surface area contributed by atoms with E-state index < -0.39 is 5.91 Å². The number of halogens is 2. The van der Waals surface area contributed by atoms with Gasteiger partial charge in [-0.15, -0.1) is 0 Å². The number of ether oxygens (including phenoxy) is 1. The van der Waals surface area contributed by atoms with Gasteiger partial charge in [-0.1, -0.05) is 23.2 Å². The Morgan fingerprint density at radius 2 is 1.82 bits per heavy atom. The van der Waals surface area contributed by atoms with Crippen molar-refractivity contribution < 1.29 is 13.9 Å². The van der Waals surface area contributed by atoms with Gasteiger partial charge in [-0.05, 0) is 24.3 Å². The molecule has 2 N–H and O–H groups in total. The first-order chi connectivity index (χ1) is 8.04. The van der Waals surface area contributed by atoms with Gasteiger partial charge in [-0.25, -0.2) is 0 Å². The van der Waals surface area contributed by atoms with E-state index in [1.54, 1.807) is 18.2 Å². The van der Waals surface area contributed by atoms with Crippen LogP contribution in [0.15, 0.2) is 34.7 Å². The third kappa shape index (κ3) is 2.93. The van der Waals surface area contributed by atoms with Gasteiger partial charge in [0.2, 0.25) is 0 Å². The Kier molecular flexibility index (Phi) is 3.26. The molecule has 4 nitrogen and oxygen atoms in total. The molecule has 1 amide bonds. The summed E-state index contributed by atoms with van der Waals surface area (Å²) in [4.78, 5) is 10.8. The van der Waals surface area contributed by atoms with Gasteiger partial charge in [0.05, 0.1) is 0 Å². The molecule has 0 saturated heterocycles. The highest BCUT2D eigenvalue weighted by Crippen LogP contribution is 2.29. The smallest absolute Gasteiger partial charge is 0.290 e. The van der Waals surface area contributed by atoms with Crippen molar-refractivity contribution in [3.63, 3.8) is 0 Å². The summed E-state index contributed by atoms with van der Waals surface area (Å²) in [7, 11) is 0. The number of benzene rings is 1. The van der Waals surface area contributed by atoms with E-state index in [0.29, 0.717) is 15.8 Å². The zero-order valence-electron chi connectivity index (χ0n) is 8.44. The lowest BCUT2D eigenvalue weighted by Gasteiger charge is -2.02. The molecule has 0 aliphatic heterocycles. The van der Waals surface area contributed by atoms with Crippen LogP contribution in [-0.4, -0.2) is 5.91 Å². The second kappa shape index (κ2) is 4.69. The summed E-state index contributed by atoms with van der Waals surface area (Å²) in [6.07, 6.45) is 0.